The van der Waals surface area contributed by atoms with Crippen molar-refractivity contribution in [3.05, 3.63) is 29.7 Å². The number of hydrogen-bond donors (Lipinski definition) is 1. The summed E-state index contributed by atoms with van der Waals surface area (Å²) >= 11 is 0. The van der Waals surface area contributed by atoms with Gasteiger partial charge in [-0.2, -0.15) is 13.5 Å². The number of anilines is 2. The van der Waals surface area contributed by atoms with Gasteiger partial charge in [-0.05, 0) is 33.5 Å². The first-order valence-electron chi connectivity index (χ1n) is 10.3. The molecule has 1 fully saturated rings. The molecule has 4 rings (SSSR count). The van der Waals surface area contributed by atoms with Gasteiger partial charge in [0.25, 0.3) is 11.9 Å². The lowest BCUT2D eigenvalue weighted by Gasteiger charge is -2.20. The third-order valence-electron chi connectivity index (χ3n) is 5.52. The van der Waals surface area contributed by atoms with Gasteiger partial charge in [0.2, 0.25) is 5.91 Å². The van der Waals surface area contributed by atoms with Crippen LogP contribution in [0.1, 0.15) is 31.7 Å². The number of carbonyl (C=O) groups is 1. The van der Waals surface area contributed by atoms with Crippen LogP contribution in [0.5, 0.6) is 0 Å². The number of aromatic nitrogens is 5. The zero-order valence-electron chi connectivity index (χ0n) is 18.7. The van der Waals surface area contributed by atoms with Crippen LogP contribution in [0.15, 0.2) is 18.3 Å². The fourth-order valence-electron chi connectivity index (χ4n) is 3.86. The summed E-state index contributed by atoms with van der Waals surface area (Å²) in [6.07, 6.45) is 2.61. The van der Waals surface area contributed by atoms with Gasteiger partial charge in [0, 0.05) is 50.9 Å². The van der Waals surface area contributed by atoms with Crippen LogP contribution < -0.4 is 10.2 Å². The third-order valence-corrected chi connectivity index (χ3v) is 5.52. The van der Waals surface area contributed by atoms with Crippen molar-refractivity contribution in [1.82, 2.24) is 29.6 Å². The second-order valence-corrected chi connectivity index (χ2v) is 8.44. The highest BCUT2D eigenvalue weighted by Gasteiger charge is 2.30. The Balaban J connectivity index is 1.88. The predicted molar refractivity (Wildman–Crippen MR) is 117 cm³/mol. The largest absolute Gasteiger partial charge is 0.353 e. The maximum Gasteiger partial charge on any atom is 0.287 e. The first kappa shape index (κ1) is 22.0. The molecular formula is C21H26F2N8O. The lowest BCUT2D eigenvalue weighted by Crippen LogP contribution is -2.31. The van der Waals surface area contributed by atoms with Gasteiger partial charge in [-0.3, -0.25) is 4.79 Å². The molecule has 170 valence electrons. The summed E-state index contributed by atoms with van der Waals surface area (Å²) in [6.45, 7) is 5.41. The number of likely N-dealkylation sites (N-methyl/N-ethyl adjacent to an activating group) is 1. The van der Waals surface area contributed by atoms with Gasteiger partial charge < -0.3 is 15.1 Å². The quantitative estimate of drug-likeness (QED) is 0.647. The van der Waals surface area contributed by atoms with E-state index in [1.165, 1.54) is 17.7 Å². The summed E-state index contributed by atoms with van der Waals surface area (Å²) in [5.74, 6) is -2.33. The third kappa shape index (κ3) is 4.24. The average Bonchev–Trinajstić information content (AvgIpc) is 3.31. The van der Waals surface area contributed by atoms with Crippen LogP contribution in [0.2, 0.25) is 0 Å². The minimum Gasteiger partial charge on any atom is -0.353 e. The van der Waals surface area contributed by atoms with E-state index in [-0.39, 0.29) is 17.5 Å². The van der Waals surface area contributed by atoms with Crippen molar-refractivity contribution in [2.45, 2.75) is 39.2 Å². The molecule has 1 aliphatic heterocycles. The van der Waals surface area contributed by atoms with Crippen molar-refractivity contribution >= 4 is 28.4 Å². The smallest absolute Gasteiger partial charge is 0.287 e. The van der Waals surface area contributed by atoms with Crippen LogP contribution in [-0.2, 0) is 10.7 Å². The highest BCUT2D eigenvalue weighted by atomic mass is 19.3. The SMILES string of the molecule is CC(=O)Nc1cc2c(cn1)c(N1CCC(N(C)C)C1)nn2-c1nc(C)cc(C(C)(F)F)n1. The zero-order valence-corrected chi connectivity index (χ0v) is 18.7. The molecule has 1 N–H and O–H groups in total. The number of hydrogen-bond acceptors (Lipinski definition) is 7. The topological polar surface area (TPSA) is 92.1 Å². The molecule has 4 heterocycles. The van der Waals surface area contributed by atoms with Crippen molar-refractivity contribution in [2.24, 2.45) is 0 Å². The second kappa shape index (κ2) is 8.05. The fraction of sp³-hybridized carbons (Fsp3) is 0.476. The normalized spacial score (nSPS) is 16.9. The number of alkyl halides is 2. The lowest BCUT2D eigenvalue weighted by molar-refractivity contribution is -0.114. The number of rotatable bonds is 5. The van der Waals surface area contributed by atoms with E-state index < -0.39 is 5.92 Å². The van der Waals surface area contributed by atoms with Crippen molar-refractivity contribution in [1.29, 1.82) is 0 Å². The van der Waals surface area contributed by atoms with Crippen molar-refractivity contribution < 1.29 is 13.6 Å². The monoisotopic (exact) mass is 444 g/mol. The summed E-state index contributed by atoms with van der Waals surface area (Å²) in [5.41, 5.74) is 0.597. The number of fused-ring (bicyclic) bond motifs is 1. The molecule has 1 atom stereocenters. The molecule has 0 aliphatic carbocycles. The van der Waals surface area contributed by atoms with Crippen LogP contribution >= 0.6 is 0 Å². The summed E-state index contributed by atoms with van der Waals surface area (Å²) in [7, 11) is 4.08. The minimum absolute atomic E-state index is 0.0427. The van der Waals surface area contributed by atoms with Crippen LogP contribution in [0.25, 0.3) is 16.9 Å². The molecule has 3 aromatic rings. The number of nitrogens with one attached hydrogen (secondary N) is 1. The maximum absolute atomic E-state index is 14.0. The Bertz CT molecular complexity index is 1170. The van der Waals surface area contributed by atoms with E-state index in [9.17, 15) is 13.6 Å². The molecule has 9 nitrogen and oxygen atoms in total. The summed E-state index contributed by atoms with van der Waals surface area (Å²) in [6, 6.07) is 3.30. The Morgan fingerprint density at radius 2 is 2.03 bits per heavy atom. The molecule has 0 saturated carbocycles. The molecule has 0 bridgehead atoms. The van der Waals surface area contributed by atoms with Crippen LogP contribution in [0.3, 0.4) is 0 Å². The van der Waals surface area contributed by atoms with Gasteiger partial charge in [-0.1, -0.05) is 0 Å². The Kier molecular flexibility index (Phi) is 5.53. The predicted octanol–water partition coefficient (Wildman–Crippen LogP) is 2.73. The Labute approximate surface area is 184 Å². The minimum atomic E-state index is -3.12. The Morgan fingerprint density at radius 3 is 2.66 bits per heavy atom. The average molecular weight is 444 g/mol. The highest BCUT2D eigenvalue weighted by Crippen LogP contribution is 2.32. The molecule has 11 heteroatoms. The van der Waals surface area contributed by atoms with Gasteiger partial charge in [0.1, 0.15) is 11.5 Å². The molecule has 0 radical (unpaired) electrons. The molecule has 1 amide bonds. The highest BCUT2D eigenvalue weighted by molar-refractivity contribution is 5.95. The lowest BCUT2D eigenvalue weighted by atomic mass is 10.2. The molecule has 32 heavy (non-hydrogen) atoms. The number of halogens is 2. The molecule has 1 aliphatic rings. The molecule has 1 unspecified atom stereocenters. The van der Waals surface area contributed by atoms with Crippen LogP contribution in [-0.4, -0.2) is 68.8 Å². The van der Waals surface area contributed by atoms with Gasteiger partial charge in [-0.15, -0.1) is 5.10 Å². The summed E-state index contributed by atoms with van der Waals surface area (Å²) in [5, 5.41) is 8.10. The zero-order chi connectivity index (χ0) is 23.2. The number of aryl methyl sites for hydroxylation is 1. The second-order valence-electron chi connectivity index (χ2n) is 8.44. The fourth-order valence-corrected chi connectivity index (χ4v) is 3.86. The number of pyridine rings is 1. The van der Waals surface area contributed by atoms with Crippen LogP contribution in [0.4, 0.5) is 20.4 Å². The number of amides is 1. The van der Waals surface area contributed by atoms with Gasteiger partial charge >= 0.3 is 0 Å². The Hall–Kier alpha value is -3.21. The molecule has 3 aromatic heterocycles. The first-order chi connectivity index (χ1) is 15.0. The maximum atomic E-state index is 14.0. The first-order valence-corrected chi connectivity index (χ1v) is 10.3. The van der Waals surface area contributed by atoms with E-state index in [1.807, 2.05) is 14.1 Å². The standard InChI is InChI=1S/C21H26F2N8O/c1-12-8-17(21(3,22)23)27-20(25-12)31-16-9-18(26-13(2)32)24-10-15(16)19(28-31)30-7-6-14(11-30)29(4)5/h8-10,14H,6-7,11H2,1-5H3,(H,24,26,32). The van der Waals surface area contributed by atoms with E-state index >= 15 is 0 Å². The van der Waals surface area contributed by atoms with E-state index in [0.717, 1.165) is 31.8 Å². The van der Waals surface area contributed by atoms with E-state index in [0.29, 0.717) is 28.9 Å². The van der Waals surface area contributed by atoms with Crippen molar-refractivity contribution in [2.75, 3.05) is 37.4 Å². The van der Waals surface area contributed by atoms with E-state index in [1.54, 1.807) is 19.2 Å². The van der Waals surface area contributed by atoms with E-state index in [2.05, 4.69) is 30.1 Å². The molecular weight excluding hydrogens is 418 g/mol. The Morgan fingerprint density at radius 1 is 1.28 bits per heavy atom. The molecule has 0 spiro atoms. The number of nitrogens with zero attached hydrogens (tertiary/aromatic N) is 7. The van der Waals surface area contributed by atoms with E-state index in [4.69, 9.17) is 5.10 Å². The van der Waals surface area contributed by atoms with Crippen molar-refractivity contribution in [3.8, 4) is 5.95 Å². The summed E-state index contributed by atoms with van der Waals surface area (Å²) in [4.78, 5) is 28.6. The van der Waals surface area contributed by atoms with Gasteiger partial charge in [-0.25, -0.2) is 15.0 Å². The van der Waals surface area contributed by atoms with Crippen molar-refractivity contribution in [3.63, 3.8) is 0 Å². The summed E-state index contributed by atoms with van der Waals surface area (Å²) < 4.78 is 29.5. The number of carbonyl (C=O) groups excluding carboxylic acids is 1. The van der Waals surface area contributed by atoms with Gasteiger partial charge in [0.15, 0.2) is 5.82 Å². The molecule has 1 saturated heterocycles. The molecule has 0 aromatic carbocycles. The van der Waals surface area contributed by atoms with Gasteiger partial charge in [0.05, 0.1) is 10.9 Å². The van der Waals surface area contributed by atoms with Crippen LogP contribution in [0, 0.1) is 6.92 Å².